The first-order chi connectivity index (χ1) is 10.6. The van der Waals surface area contributed by atoms with Gasteiger partial charge in [0.25, 0.3) is 0 Å². The van der Waals surface area contributed by atoms with Crippen LogP contribution in [0.25, 0.3) is 0 Å². The van der Waals surface area contributed by atoms with Crippen LogP contribution < -0.4 is 10.6 Å². The summed E-state index contributed by atoms with van der Waals surface area (Å²) >= 11 is 0. The largest absolute Gasteiger partial charge is 0.375 e. The molecule has 1 aliphatic heterocycles. The standard InChI is InChI=1S/C17H25N3O2/c1-12-15(5-3-9-18-12)20-16(21)13(2)19-14-6-10-22-17(11-14)7-4-8-17/h3,5,9,13-14,19H,4,6-8,10-11H2,1-2H3,(H,20,21)/t13-,14?/m0/s1. The fourth-order valence-corrected chi connectivity index (χ4v) is 3.38. The minimum Gasteiger partial charge on any atom is -0.375 e. The van der Waals surface area contributed by atoms with Crippen LogP contribution in [0.2, 0.25) is 0 Å². The summed E-state index contributed by atoms with van der Waals surface area (Å²) in [6, 6.07) is 3.86. The van der Waals surface area contributed by atoms with Crippen LogP contribution in [0, 0.1) is 6.92 Å². The third kappa shape index (κ3) is 3.31. The highest BCUT2D eigenvalue weighted by Gasteiger charge is 2.42. The Hall–Kier alpha value is -1.46. The van der Waals surface area contributed by atoms with Crippen molar-refractivity contribution < 1.29 is 9.53 Å². The third-order valence-electron chi connectivity index (χ3n) is 4.90. The van der Waals surface area contributed by atoms with Crippen LogP contribution in [0.3, 0.4) is 0 Å². The van der Waals surface area contributed by atoms with Crippen molar-refractivity contribution in [1.29, 1.82) is 0 Å². The molecule has 1 aliphatic carbocycles. The number of nitrogens with one attached hydrogen (secondary N) is 2. The molecular weight excluding hydrogens is 278 g/mol. The van der Waals surface area contributed by atoms with Crippen molar-refractivity contribution in [2.75, 3.05) is 11.9 Å². The molecule has 0 bridgehead atoms. The first-order valence-electron chi connectivity index (χ1n) is 8.20. The van der Waals surface area contributed by atoms with Crippen molar-refractivity contribution >= 4 is 11.6 Å². The summed E-state index contributed by atoms with van der Waals surface area (Å²) in [6.07, 6.45) is 7.33. The maximum Gasteiger partial charge on any atom is 0.241 e. The lowest BCUT2D eigenvalue weighted by Gasteiger charge is -2.47. The van der Waals surface area contributed by atoms with Gasteiger partial charge in [0.15, 0.2) is 0 Å². The zero-order chi connectivity index (χ0) is 15.6. The number of aryl methyl sites for hydroxylation is 1. The van der Waals surface area contributed by atoms with Crippen molar-refractivity contribution in [2.45, 2.75) is 63.6 Å². The zero-order valence-corrected chi connectivity index (χ0v) is 13.4. The number of anilines is 1. The molecule has 0 aromatic carbocycles. The van der Waals surface area contributed by atoms with Gasteiger partial charge in [-0.3, -0.25) is 9.78 Å². The Labute approximate surface area is 131 Å². The van der Waals surface area contributed by atoms with Gasteiger partial charge in [-0.1, -0.05) is 0 Å². The summed E-state index contributed by atoms with van der Waals surface area (Å²) in [5.41, 5.74) is 1.72. The minimum atomic E-state index is -0.222. The number of aromatic nitrogens is 1. The summed E-state index contributed by atoms with van der Waals surface area (Å²) in [4.78, 5) is 16.5. The van der Waals surface area contributed by atoms with Crippen molar-refractivity contribution in [1.82, 2.24) is 10.3 Å². The molecule has 1 saturated carbocycles. The topological polar surface area (TPSA) is 63.2 Å². The van der Waals surface area contributed by atoms with Crippen LogP contribution in [0.1, 0.15) is 44.7 Å². The van der Waals surface area contributed by atoms with E-state index in [1.54, 1.807) is 6.20 Å². The highest BCUT2D eigenvalue weighted by atomic mass is 16.5. The molecule has 3 rings (SSSR count). The minimum absolute atomic E-state index is 0.00903. The molecule has 22 heavy (non-hydrogen) atoms. The van der Waals surface area contributed by atoms with E-state index in [9.17, 15) is 4.79 Å². The smallest absolute Gasteiger partial charge is 0.241 e. The van der Waals surface area contributed by atoms with Gasteiger partial charge in [-0.15, -0.1) is 0 Å². The number of carbonyl (C=O) groups is 1. The van der Waals surface area contributed by atoms with Crippen LogP contribution in [-0.4, -0.2) is 35.2 Å². The lowest BCUT2D eigenvalue weighted by molar-refractivity contribution is -0.137. The Kier molecular flexibility index (Phi) is 4.45. The molecule has 2 atom stereocenters. The van der Waals surface area contributed by atoms with Crippen LogP contribution in [-0.2, 0) is 9.53 Å². The maximum absolute atomic E-state index is 12.4. The summed E-state index contributed by atoms with van der Waals surface area (Å²) in [7, 11) is 0. The van der Waals surface area contributed by atoms with E-state index >= 15 is 0 Å². The fraction of sp³-hybridized carbons (Fsp3) is 0.647. The molecule has 2 N–H and O–H groups in total. The number of rotatable bonds is 4. The van der Waals surface area contributed by atoms with Crippen molar-refractivity contribution in [2.24, 2.45) is 0 Å². The molecule has 5 nitrogen and oxygen atoms in total. The second-order valence-corrected chi connectivity index (χ2v) is 6.59. The van der Waals surface area contributed by atoms with Gasteiger partial charge < -0.3 is 15.4 Å². The van der Waals surface area contributed by atoms with Gasteiger partial charge in [0, 0.05) is 18.8 Å². The molecule has 1 amide bonds. The summed E-state index contributed by atoms with van der Waals surface area (Å²) < 4.78 is 5.94. The number of hydrogen-bond donors (Lipinski definition) is 2. The second kappa shape index (κ2) is 6.34. The summed E-state index contributed by atoms with van der Waals surface area (Å²) in [6.45, 7) is 4.62. The predicted octanol–water partition coefficient (Wildman–Crippen LogP) is 2.41. The van der Waals surface area contributed by atoms with E-state index in [-0.39, 0.29) is 17.6 Å². The Morgan fingerprint density at radius 2 is 2.32 bits per heavy atom. The van der Waals surface area contributed by atoms with Crippen molar-refractivity contribution in [3.05, 3.63) is 24.0 Å². The molecule has 5 heteroatoms. The summed E-state index contributed by atoms with van der Waals surface area (Å²) in [5.74, 6) is -0.00903. The van der Waals surface area contributed by atoms with Gasteiger partial charge >= 0.3 is 0 Å². The predicted molar refractivity (Wildman–Crippen MR) is 85.8 cm³/mol. The van der Waals surface area contributed by atoms with Gasteiger partial charge in [-0.25, -0.2) is 0 Å². The summed E-state index contributed by atoms with van der Waals surface area (Å²) in [5, 5.41) is 6.42. The van der Waals surface area contributed by atoms with E-state index in [1.807, 2.05) is 26.0 Å². The van der Waals surface area contributed by atoms with Gasteiger partial charge in [0.05, 0.1) is 23.0 Å². The molecule has 1 aromatic rings. The Bertz CT molecular complexity index is 542. The number of ether oxygens (including phenoxy) is 1. The SMILES string of the molecule is Cc1ncccc1NC(=O)[C@H](C)NC1CCOC2(CCC2)C1. The van der Waals surface area contributed by atoms with Crippen molar-refractivity contribution in [3.8, 4) is 0 Å². The molecule has 2 heterocycles. The third-order valence-corrected chi connectivity index (χ3v) is 4.90. The van der Waals surface area contributed by atoms with E-state index in [1.165, 1.54) is 19.3 Å². The molecule has 1 aromatic heterocycles. The highest BCUT2D eigenvalue weighted by Crippen LogP contribution is 2.42. The zero-order valence-electron chi connectivity index (χ0n) is 13.4. The Balaban J connectivity index is 1.54. The fourth-order valence-electron chi connectivity index (χ4n) is 3.38. The molecule has 2 aliphatic rings. The number of hydrogen-bond acceptors (Lipinski definition) is 4. The van der Waals surface area contributed by atoms with Crippen LogP contribution in [0.15, 0.2) is 18.3 Å². The molecule has 0 radical (unpaired) electrons. The van der Waals surface area contributed by atoms with Gasteiger partial charge in [0.2, 0.25) is 5.91 Å². The van der Waals surface area contributed by atoms with E-state index in [4.69, 9.17) is 4.74 Å². The van der Waals surface area contributed by atoms with Crippen LogP contribution >= 0.6 is 0 Å². The quantitative estimate of drug-likeness (QED) is 0.896. The average Bonchev–Trinajstić information content (AvgIpc) is 2.48. The first kappa shape index (κ1) is 15.4. The first-order valence-corrected chi connectivity index (χ1v) is 8.20. The number of carbonyl (C=O) groups excluding carboxylic acids is 1. The molecular formula is C17H25N3O2. The highest BCUT2D eigenvalue weighted by molar-refractivity contribution is 5.94. The van der Waals surface area contributed by atoms with E-state index in [2.05, 4.69) is 15.6 Å². The Morgan fingerprint density at radius 3 is 3.00 bits per heavy atom. The lowest BCUT2D eigenvalue weighted by atomic mass is 9.74. The van der Waals surface area contributed by atoms with Gasteiger partial charge in [-0.2, -0.15) is 0 Å². The van der Waals surface area contributed by atoms with E-state index in [0.29, 0.717) is 6.04 Å². The molecule has 1 saturated heterocycles. The van der Waals surface area contributed by atoms with Gasteiger partial charge in [0.1, 0.15) is 0 Å². The van der Waals surface area contributed by atoms with E-state index in [0.717, 1.165) is 30.8 Å². The maximum atomic E-state index is 12.4. The van der Waals surface area contributed by atoms with Gasteiger partial charge in [-0.05, 0) is 58.1 Å². The van der Waals surface area contributed by atoms with E-state index < -0.39 is 0 Å². The Morgan fingerprint density at radius 1 is 1.50 bits per heavy atom. The molecule has 1 unspecified atom stereocenters. The molecule has 1 spiro atoms. The number of amides is 1. The monoisotopic (exact) mass is 303 g/mol. The number of pyridine rings is 1. The van der Waals surface area contributed by atoms with Crippen LogP contribution in [0.5, 0.6) is 0 Å². The average molecular weight is 303 g/mol. The molecule has 120 valence electrons. The normalized spacial score (nSPS) is 24.5. The van der Waals surface area contributed by atoms with Crippen molar-refractivity contribution in [3.63, 3.8) is 0 Å². The second-order valence-electron chi connectivity index (χ2n) is 6.59. The molecule has 2 fully saturated rings. The lowest BCUT2D eigenvalue weighted by Crippen LogP contribution is -2.54. The van der Waals surface area contributed by atoms with Crippen LogP contribution in [0.4, 0.5) is 5.69 Å². The number of nitrogens with zero attached hydrogens (tertiary/aromatic N) is 1.